The molecule has 1 aliphatic heterocycles. The van der Waals surface area contributed by atoms with Gasteiger partial charge in [-0.1, -0.05) is 39.0 Å². The van der Waals surface area contributed by atoms with Gasteiger partial charge in [0.05, 0.1) is 35.7 Å². The van der Waals surface area contributed by atoms with Crippen molar-refractivity contribution in [2.45, 2.75) is 96.1 Å². The number of carbonyl (C=O) groups is 4. The Balaban J connectivity index is 1.82. The molecule has 1 aromatic rings. The Bertz CT molecular complexity index is 1280. The third-order valence-electron chi connectivity index (χ3n) is 10.8. The van der Waals surface area contributed by atoms with Gasteiger partial charge in [-0.2, -0.15) is 0 Å². The molecule has 1 saturated heterocycles. The van der Waals surface area contributed by atoms with Crippen LogP contribution in [0.1, 0.15) is 64.7 Å². The normalized spacial score (nSPS) is 43.8. The molecule has 0 radical (unpaired) electrons. The molecule has 0 aromatic heterocycles. The summed E-state index contributed by atoms with van der Waals surface area (Å²) >= 11 is 0. The SMILES string of the molecule is CC(=O)O[C@H]1C(=O)[C@@]2(C)[C@H]([C@H](OC(=O)c3ccccc3)[C@]3(O)CC(O)C(C)C1C3(C)C)[C@]1(OC(C)=O)CO[C@@H]1C[C@@H]2O. The molecule has 11 nitrogen and oxygen atoms in total. The number of hydrogen-bond acceptors (Lipinski definition) is 11. The van der Waals surface area contributed by atoms with Crippen molar-refractivity contribution in [1.29, 1.82) is 0 Å². The van der Waals surface area contributed by atoms with Gasteiger partial charge in [-0.25, -0.2) is 4.79 Å². The number of ketones is 1. The lowest BCUT2D eigenvalue weighted by Crippen LogP contribution is -2.83. The lowest BCUT2D eigenvalue weighted by atomic mass is 9.42. The minimum atomic E-state index is -2.05. The quantitative estimate of drug-likeness (QED) is 0.345. The highest BCUT2D eigenvalue weighted by Gasteiger charge is 2.79. The van der Waals surface area contributed by atoms with E-state index >= 15 is 0 Å². The first kappa shape index (κ1) is 30.6. The van der Waals surface area contributed by atoms with E-state index in [0.29, 0.717) is 0 Å². The fourth-order valence-corrected chi connectivity index (χ4v) is 8.46. The van der Waals surface area contributed by atoms with Crippen LogP contribution in [-0.2, 0) is 33.3 Å². The van der Waals surface area contributed by atoms with Crippen LogP contribution in [0.5, 0.6) is 0 Å². The van der Waals surface area contributed by atoms with Crippen LogP contribution in [0.2, 0.25) is 0 Å². The number of aliphatic hydroxyl groups excluding tert-OH is 2. The van der Waals surface area contributed by atoms with Gasteiger partial charge in [0.25, 0.3) is 0 Å². The summed E-state index contributed by atoms with van der Waals surface area (Å²) < 4.78 is 23.6. The van der Waals surface area contributed by atoms with Crippen LogP contribution in [-0.4, -0.2) is 87.3 Å². The van der Waals surface area contributed by atoms with E-state index in [9.17, 15) is 34.5 Å². The molecule has 3 unspecified atom stereocenters. The van der Waals surface area contributed by atoms with E-state index in [1.807, 2.05) is 0 Å². The van der Waals surface area contributed by atoms with Gasteiger partial charge >= 0.3 is 17.9 Å². The minimum absolute atomic E-state index is 0.0944. The summed E-state index contributed by atoms with van der Waals surface area (Å²) in [6.45, 7) is 8.72. The third-order valence-corrected chi connectivity index (χ3v) is 10.8. The second kappa shape index (κ2) is 10.1. The van der Waals surface area contributed by atoms with Crippen molar-refractivity contribution in [1.82, 2.24) is 0 Å². The summed E-state index contributed by atoms with van der Waals surface area (Å²) in [5, 5.41) is 35.9. The highest BCUT2D eigenvalue weighted by atomic mass is 16.6. The summed E-state index contributed by atoms with van der Waals surface area (Å²) in [7, 11) is 0. The highest BCUT2D eigenvalue weighted by molar-refractivity contribution is 5.93. The summed E-state index contributed by atoms with van der Waals surface area (Å²) in [5.74, 6) is -5.85. The van der Waals surface area contributed by atoms with Gasteiger partial charge in [-0.05, 0) is 25.0 Å². The van der Waals surface area contributed by atoms with Crippen LogP contribution in [0, 0.1) is 28.6 Å². The summed E-state index contributed by atoms with van der Waals surface area (Å²) in [6.07, 6.45) is -6.88. The van der Waals surface area contributed by atoms with Crippen molar-refractivity contribution >= 4 is 23.7 Å². The Morgan fingerprint density at radius 3 is 2.19 bits per heavy atom. The van der Waals surface area contributed by atoms with Crippen molar-refractivity contribution in [3.8, 4) is 0 Å². The number of esters is 3. The Labute approximate surface area is 244 Å². The Morgan fingerprint density at radius 1 is 1.00 bits per heavy atom. The average Bonchev–Trinajstić information content (AvgIpc) is 2.90. The number of Topliss-reactive ketones (excluding diaryl/α,β-unsaturated/α-hetero) is 1. The van der Waals surface area contributed by atoms with E-state index in [0.717, 1.165) is 6.92 Å². The fourth-order valence-electron chi connectivity index (χ4n) is 8.46. The maximum absolute atomic E-state index is 14.8. The standard InChI is InChI=1S/C31H40O11/c1-15-19(34)13-31(38)26(41-27(37)18-10-8-7-9-11-18)24-29(6,20(35)12-21-30(24,14-39-21)42-17(3)33)25(36)23(40-16(2)32)22(15)28(31,4)5/h7-11,15,19-24,26,34-35,38H,12-14H2,1-6H3/t15?,19?,20-,21+,22?,23+,24-,26-,29+,30-,31+/m0/s1. The van der Waals surface area contributed by atoms with Gasteiger partial charge < -0.3 is 34.3 Å². The zero-order valence-electron chi connectivity index (χ0n) is 24.7. The number of aliphatic hydroxyl groups is 3. The lowest BCUT2D eigenvalue weighted by Gasteiger charge is -2.68. The molecule has 5 rings (SSSR count). The minimum Gasteiger partial charge on any atom is -0.455 e. The predicted molar refractivity (Wildman–Crippen MR) is 145 cm³/mol. The van der Waals surface area contributed by atoms with Crippen LogP contribution in [0.25, 0.3) is 0 Å². The van der Waals surface area contributed by atoms with E-state index in [-0.39, 0.29) is 25.0 Å². The fraction of sp³-hybridized carbons (Fsp3) is 0.677. The number of rotatable bonds is 4. The van der Waals surface area contributed by atoms with Gasteiger partial charge in [0.2, 0.25) is 0 Å². The van der Waals surface area contributed by atoms with Crippen LogP contribution in [0.15, 0.2) is 30.3 Å². The van der Waals surface area contributed by atoms with Crippen LogP contribution < -0.4 is 0 Å². The van der Waals surface area contributed by atoms with Crippen LogP contribution in [0.4, 0.5) is 0 Å². The van der Waals surface area contributed by atoms with Gasteiger partial charge in [0.1, 0.15) is 17.8 Å². The van der Waals surface area contributed by atoms with Crippen molar-refractivity contribution in [3.63, 3.8) is 0 Å². The highest BCUT2D eigenvalue weighted by Crippen LogP contribution is 2.65. The molecule has 3 aliphatic carbocycles. The van der Waals surface area contributed by atoms with Crippen molar-refractivity contribution < 1.29 is 53.4 Å². The number of ether oxygens (including phenoxy) is 4. The lowest BCUT2D eigenvalue weighted by molar-refractivity contribution is -0.355. The zero-order valence-corrected chi connectivity index (χ0v) is 24.7. The monoisotopic (exact) mass is 588 g/mol. The molecular weight excluding hydrogens is 548 g/mol. The number of hydrogen-bond donors (Lipinski definition) is 3. The van der Waals surface area contributed by atoms with E-state index < -0.39 is 94.0 Å². The summed E-state index contributed by atoms with van der Waals surface area (Å²) in [4.78, 5) is 53.5. The van der Waals surface area contributed by atoms with Crippen molar-refractivity contribution in [2.24, 2.45) is 28.6 Å². The van der Waals surface area contributed by atoms with Gasteiger partial charge in [0, 0.05) is 38.0 Å². The predicted octanol–water partition coefficient (Wildman–Crippen LogP) is 1.59. The molecule has 1 heterocycles. The molecule has 1 aromatic carbocycles. The van der Waals surface area contributed by atoms with Crippen molar-refractivity contribution in [3.05, 3.63) is 35.9 Å². The first-order chi connectivity index (χ1) is 19.5. The van der Waals surface area contributed by atoms with Gasteiger partial charge in [-0.3, -0.25) is 14.4 Å². The van der Waals surface area contributed by atoms with E-state index in [2.05, 4.69) is 0 Å². The van der Waals surface area contributed by atoms with Gasteiger partial charge in [0.15, 0.2) is 17.5 Å². The smallest absolute Gasteiger partial charge is 0.338 e. The first-order valence-corrected chi connectivity index (χ1v) is 14.4. The molecule has 230 valence electrons. The molecule has 0 spiro atoms. The molecule has 4 aliphatic rings. The van der Waals surface area contributed by atoms with Gasteiger partial charge in [-0.15, -0.1) is 0 Å². The number of benzene rings is 1. The Morgan fingerprint density at radius 2 is 1.64 bits per heavy atom. The largest absolute Gasteiger partial charge is 0.455 e. The van der Waals surface area contributed by atoms with E-state index in [4.69, 9.17) is 18.9 Å². The van der Waals surface area contributed by atoms with E-state index in [1.165, 1.54) is 26.0 Å². The second-order valence-corrected chi connectivity index (χ2v) is 13.2. The molecule has 42 heavy (non-hydrogen) atoms. The summed E-state index contributed by atoms with van der Waals surface area (Å²) in [5.41, 5.74) is -6.62. The van der Waals surface area contributed by atoms with Crippen LogP contribution >= 0.6 is 0 Å². The maximum atomic E-state index is 14.8. The molecule has 2 bridgehead atoms. The average molecular weight is 589 g/mol. The maximum Gasteiger partial charge on any atom is 0.338 e. The summed E-state index contributed by atoms with van der Waals surface area (Å²) in [6, 6.07) is 8.09. The molecular formula is C31H40O11. The number of carbonyl (C=O) groups excluding carboxylic acids is 4. The Hall–Kier alpha value is -2.86. The molecule has 0 amide bonds. The third kappa shape index (κ3) is 4.15. The topological polar surface area (TPSA) is 166 Å². The first-order valence-electron chi connectivity index (χ1n) is 14.4. The molecule has 3 N–H and O–H groups in total. The molecule has 11 atom stereocenters. The Kier molecular flexibility index (Phi) is 7.36. The molecule has 11 heteroatoms. The van der Waals surface area contributed by atoms with Crippen LogP contribution in [0.3, 0.4) is 0 Å². The van der Waals surface area contributed by atoms with Crippen molar-refractivity contribution in [2.75, 3.05) is 6.61 Å². The molecule has 3 saturated carbocycles. The second-order valence-electron chi connectivity index (χ2n) is 13.2. The zero-order chi connectivity index (χ0) is 31.0. The van der Waals surface area contributed by atoms with E-state index in [1.54, 1.807) is 39.0 Å². The molecule has 4 fully saturated rings. The number of fused-ring (bicyclic) bond motifs is 5.